The fourth-order valence-corrected chi connectivity index (χ4v) is 3.92. The molecule has 0 bridgehead atoms. The number of fused-ring (bicyclic) bond motifs is 1. The molecule has 0 unspecified atom stereocenters. The maximum atomic E-state index is 13.1. The Labute approximate surface area is 200 Å². The van der Waals surface area contributed by atoms with Gasteiger partial charge in [-0.1, -0.05) is 12.1 Å². The van der Waals surface area contributed by atoms with Crippen LogP contribution in [0.5, 0.6) is 5.75 Å². The number of aromatic nitrogens is 4. The molecule has 0 radical (unpaired) electrons. The van der Waals surface area contributed by atoms with E-state index in [1.54, 1.807) is 6.07 Å². The van der Waals surface area contributed by atoms with Crippen LogP contribution in [0.2, 0.25) is 0 Å². The average molecular weight is 492 g/mol. The zero-order valence-electron chi connectivity index (χ0n) is 19.6. The van der Waals surface area contributed by atoms with E-state index in [1.165, 1.54) is 6.07 Å². The molecule has 1 aliphatic rings. The lowest BCUT2D eigenvalue weighted by molar-refractivity contribution is -0.146. The summed E-state index contributed by atoms with van der Waals surface area (Å²) in [5.41, 5.74) is 0.979. The van der Waals surface area contributed by atoms with Crippen molar-refractivity contribution < 1.29 is 22.7 Å². The molecule has 3 heterocycles. The van der Waals surface area contributed by atoms with E-state index < -0.39 is 12.0 Å². The number of carbonyl (C=O) groups excluding carboxylic acids is 1. The average Bonchev–Trinajstić information content (AvgIpc) is 3.27. The monoisotopic (exact) mass is 491 g/mol. The third-order valence-electron chi connectivity index (χ3n) is 5.86. The fourth-order valence-electron chi connectivity index (χ4n) is 3.92. The molecule has 1 aliphatic heterocycles. The Hall–Kier alpha value is -3.41. The predicted octanol–water partition coefficient (Wildman–Crippen LogP) is 2.62. The van der Waals surface area contributed by atoms with E-state index in [2.05, 4.69) is 20.6 Å². The van der Waals surface area contributed by atoms with Crippen LogP contribution in [-0.2, 0) is 17.5 Å². The molecule has 1 aromatic carbocycles. The number of amides is 1. The van der Waals surface area contributed by atoms with Gasteiger partial charge in [-0.3, -0.25) is 4.79 Å². The lowest BCUT2D eigenvalue weighted by atomic mass is 9.96. The molecule has 35 heavy (non-hydrogen) atoms. The van der Waals surface area contributed by atoms with Gasteiger partial charge in [0, 0.05) is 32.1 Å². The van der Waals surface area contributed by atoms with Crippen molar-refractivity contribution >= 4 is 17.4 Å². The molecule has 0 saturated carbocycles. The molecular weight excluding hydrogens is 463 g/mol. The Morgan fingerprint density at radius 1 is 1.17 bits per heavy atom. The first-order valence-electron chi connectivity index (χ1n) is 11.4. The van der Waals surface area contributed by atoms with Crippen LogP contribution in [0.25, 0.3) is 5.65 Å². The Bertz CT molecular complexity index is 1160. The van der Waals surface area contributed by atoms with E-state index >= 15 is 0 Å². The summed E-state index contributed by atoms with van der Waals surface area (Å²) >= 11 is 0. The van der Waals surface area contributed by atoms with Crippen LogP contribution in [0, 0.1) is 5.92 Å². The predicted molar refractivity (Wildman–Crippen MR) is 123 cm³/mol. The van der Waals surface area contributed by atoms with E-state index in [1.807, 2.05) is 48.2 Å². The Morgan fingerprint density at radius 3 is 2.66 bits per heavy atom. The highest BCUT2D eigenvalue weighted by molar-refractivity contribution is 5.79. The first kappa shape index (κ1) is 24.7. The fraction of sp³-hybridized carbons (Fsp3) is 0.478. The van der Waals surface area contributed by atoms with Crippen LogP contribution in [0.4, 0.5) is 19.0 Å². The molecule has 9 nitrogen and oxygen atoms in total. The van der Waals surface area contributed by atoms with E-state index in [0.29, 0.717) is 49.4 Å². The van der Waals surface area contributed by atoms with Gasteiger partial charge in [0.15, 0.2) is 5.65 Å². The first-order valence-corrected chi connectivity index (χ1v) is 11.4. The number of rotatable bonds is 8. The smallest absolute Gasteiger partial charge is 0.453 e. The number of hydrogen-bond donors (Lipinski definition) is 1. The third-order valence-corrected chi connectivity index (χ3v) is 5.86. The summed E-state index contributed by atoms with van der Waals surface area (Å²) < 4.78 is 45.9. The molecule has 0 spiro atoms. The van der Waals surface area contributed by atoms with Crippen LogP contribution < -0.4 is 15.0 Å². The van der Waals surface area contributed by atoms with Crippen molar-refractivity contribution in [1.82, 2.24) is 30.0 Å². The maximum Gasteiger partial charge on any atom is 0.453 e. The van der Waals surface area contributed by atoms with E-state index in [-0.39, 0.29) is 17.5 Å². The first-order chi connectivity index (χ1) is 16.7. The normalized spacial score (nSPS) is 15.1. The largest absolute Gasteiger partial charge is 0.492 e. The zero-order valence-corrected chi connectivity index (χ0v) is 19.6. The minimum absolute atomic E-state index is 0.0301. The zero-order chi connectivity index (χ0) is 25.0. The minimum Gasteiger partial charge on any atom is -0.492 e. The van der Waals surface area contributed by atoms with Gasteiger partial charge in [-0.05, 0) is 56.8 Å². The third kappa shape index (κ3) is 6.18. The van der Waals surface area contributed by atoms with Crippen molar-refractivity contribution in [3.8, 4) is 5.75 Å². The van der Waals surface area contributed by atoms with Gasteiger partial charge in [-0.25, -0.2) is 0 Å². The molecule has 188 valence electrons. The van der Waals surface area contributed by atoms with Gasteiger partial charge in [0.05, 0.1) is 0 Å². The van der Waals surface area contributed by atoms with Crippen molar-refractivity contribution in [3.05, 3.63) is 47.8 Å². The molecule has 1 amide bonds. The van der Waals surface area contributed by atoms with Gasteiger partial charge in [0.2, 0.25) is 5.91 Å². The van der Waals surface area contributed by atoms with E-state index in [4.69, 9.17) is 4.74 Å². The van der Waals surface area contributed by atoms with Crippen LogP contribution in [0.15, 0.2) is 36.4 Å². The number of halogens is 3. The topological polar surface area (TPSA) is 87.9 Å². The van der Waals surface area contributed by atoms with Crippen LogP contribution in [-0.4, -0.2) is 71.0 Å². The molecule has 1 N–H and O–H groups in total. The van der Waals surface area contributed by atoms with Crippen LogP contribution in [0.1, 0.15) is 24.2 Å². The molecule has 4 rings (SSSR count). The van der Waals surface area contributed by atoms with Gasteiger partial charge in [-0.2, -0.15) is 17.7 Å². The van der Waals surface area contributed by atoms with Crippen LogP contribution in [0.3, 0.4) is 0 Å². The number of benzene rings is 1. The van der Waals surface area contributed by atoms with Crippen molar-refractivity contribution in [3.63, 3.8) is 0 Å². The number of carbonyl (C=O) groups is 1. The highest BCUT2D eigenvalue weighted by Gasteiger charge is 2.38. The quantitative estimate of drug-likeness (QED) is 0.518. The van der Waals surface area contributed by atoms with Gasteiger partial charge in [-0.15, -0.1) is 15.3 Å². The van der Waals surface area contributed by atoms with Gasteiger partial charge >= 0.3 is 6.18 Å². The van der Waals surface area contributed by atoms with E-state index in [9.17, 15) is 18.0 Å². The Balaban J connectivity index is 1.29. The molecule has 3 aromatic rings. The summed E-state index contributed by atoms with van der Waals surface area (Å²) in [6.07, 6.45) is -3.49. The molecule has 1 saturated heterocycles. The van der Waals surface area contributed by atoms with Gasteiger partial charge in [0.25, 0.3) is 5.82 Å². The van der Waals surface area contributed by atoms with Gasteiger partial charge < -0.3 is 19.9 Å². The minimum atomic E-state index is -4.64. The molecule has 1 fully saturated rings. The number of hydrogen-bond acceptors (Lipinski definition) is 7. The van der Waals surface area contributed by atoms with Crippen molar-refractivity contribution in [1.29, 1.82) is 0 Å². The number of likely N-dealkylation sites (N-methyl/N-ethyl adjacent to an activating group) is 1. The second-order valence-electron chi connectivity index (χ2n) is 8.76. The molecular formula is C23H28F3N7O2. The summed E-state index contributed by atoms with van der Waals surface area (Å²) in [4.78, 5) is 16.6. The van der Waals surface area contributed by atoms with Crippen molar-refractivity contribution in [2.75, 3.05) is 45.2 Å². The molecule has 2 aromatic heterocycles. The van der Waals surface area contributed by atoms with Gasteiger partial charge in [0.1, 0.15) is 18.2 Å². The molecule has 0 aliphatic carbocycles. The second-order valence-corrected chi connectivity index (χ2v) is 8.76. The number of alkyl halides is 3. The molecule has 0 atom stereocenters. The van der Waals surface area contributed by atoms with Crippen LogP contribution >= 0.6 is 0 Å². The summed E-state index contributed by atoms with van der Waals surface area (Å²) in [6, 6.07) is 10.7. The summed E-state index contributed by atoms with van der Waals surface area (Å²) in [5, 5.41) is 13.8. The maximum absolute atomic E-state index is 13.1. The molecule has 12 heteroatoms. The van der Waals surface area contributed by atoms with E-state index in [0.717, 1.165) is 17.9 Å². The Morgan fingerprint density at radius 2 is 1.94 bits per heavy atom. The van der Waals surface area contributed by atoms with Crippen molar-refractivity contribution in [2.45, 2.75) is 25.6 Å². The standard InChI is InChI=1S/C23H28F3N7O2/c1-31(2)12-13-35-18-5-3-4-16(14-18)15-27-21(34)17-8-10-32(11-9-17)20-7-6-19-28-29-22(23(24,25)26)33(19)30-20/h3-7,14,17H,8-13,15H2,1-2H3,(H,27,34). The summed E-state index contributed by atoms with van der Waals surface area (Å²) in [6.45, 7) is 2.81. The lowest BCUT2D eigenvalue weighted by Crippen LogP contribution is -2.40. The summed E-state index contributed by atoms with van der Waals surface area (Å²) in [5.74, 6) is -0.206. The van der Waals surface area contributed by atoms with Crippen molar-refractivity contribution in [2.24, 2.45) is 5.92 Å². The second kappa shape index (κ2) is 10.5. The number of nitrogens with one attached hydrogen (secondary N) is 1. The Kier molecular flexibility index (Phi) is 7.39. The summed E-state index contributed by atoms with van der Waals surface area (Å²) in [7, 11) is 3.96. The number of ether oxygens (including phenoxy) is 1. The SMILES string of the molecule is CN(C)CCOc1cccc(CNC(=O)C2CCN(c3ccc4nnc(C(F)(F)F)n4n3)CC2)c1. The highest BCUT2D eigenvalue weighted by Crippen LogP contribution is 2.28. The number of anilines is 1. The number of piperidine rings is 1. The highest BCUT2D eigenvalue weighted by atomic mass is 19.4. The number of nitrogens with zero attached hydrogens (tertiary/aromatic N) is 6. The lowest BCUT2D eigenvalue weighted by Gasteiger charge is -2.32.